The smallest absolute Gasteiger partial charge is 0.326 e. The number of rotatable bonds is 10. The van der Waals surface area contributed by atoms with Crippen LogP contribution in [-0.4, -0.2) is 29.7 Å². The Morgan fingerprint density at radius 2 is 2.06 bits per heavy atom. The van der Waals surface area contributed by atoms with E-state index in [1.807, 2.05) is 13.0 Å². The third kappa shape index (κ3) is 8.61. The van der Waals surface area contributed by atoms with Crippen LogP contribution in [0.3, 0.4) is 0 Å². The molecule has 0 rings (SSSR count). The minimum absolute atomic E-state index is 0.403. The van der Waals surface area contributed by atoms with Crippen molar-refractivity contribution in [3.8, 4) is 0 Å². The van der Waals surface area contributed by atoms with Crippen LogP contribution in [-0.2, 0) is 4.79 Å². The second kappa shape index (κ2) is 10.6. The molecule has 2 amide bonds. The van der Waals surface area contributed by atoms with Crippen molar-refractivity contribution in [3.63, 3.8) is 0 Å². The maximum Gasteiger partial charge on any atom is 0.326 e. The lowest BCUT2D eigenvalue weighted by molar-refractivity contribution is -0.139. The molecule has 1 atom stereocenters. The summed E-state index contributed by atoms with van der Waals surface area (Å²) in [5, 5.41) is 14.0. The average molecular weight is 256 g/mol. The van der Waals surface area contributed by atoms with Gasteiger partial charge in [-0.1, -0.05) is 25.8 Å². The molecular formula is C13H24N2O3. The number of unbranched alkanes of at least 4 members (excludes halogenated alkanes) is 3. The molecule has 0 fully saturated rings. The van der Waals surface area contributed by atoms with Crippen LogP contribution in [0.5, 0.6) is 0 Å². The summed E-state index contributed by atoms with van der Waals surface area (Å²) in [6.45, 7) is 6.09. The molecule has 0 saturated heterocycles. The molecule has 0 saturated carbocycles. The van der Waals surface area contributed by atoms with Crippen molar-refractivity contribution in [1.82, 2.24) is 10.6 Å². The Labute approximate surface area is 109 Å². The molecule has 0 spiro atoms. The monoisotopic (exact) mass is 256 g/mol. The Morgan fingerprint density at radius 3 is 2.61 bits per heavy atom. The van der Waals surface area contributed by atoms with Gasteiger partial charge in [-0.3, -0.25) is 0 Å². The lowest BCUT2D eigenvalue weighted by atomic mass is 10.2. The van der Waals surface area contributed by atoms with Gasteiger partial charge in [-0.25, -0.2) is 9.59 Å². The Bertz CT molecular complexity index is 267. The van der Waals surface area contributed by atoms with Gasteiger partial charge in [-0.05, 0) is 25.7 Å². The van der Waals surface area contributed by atoms with Crippen LogP contribution in [0.4, 0.5) is 4.79 Å². The van der Waals surface area contributed by atoms with Crippen LogP contribution in [0.25, 0.3) is 0 Å². The summed E-state index contributed by atoms with van der Waals surface area (Å²) in [4.78, 5) is 22.2. The normalized spacial score (nSPS) is 11.6. The van der Waals surface area contributed by atoms with Crippen molar-refractivity contribution in [2.24, 2.45) is 0 Å². The van der Waals surface area contributed by atoms with E-state index in [0.717, 1.165) is 32.1 Å². The number of nitrogens with one attached hydrogen (secondary N) is 2. The van der Waals surface area contributed by atoms with Crippen molar-refractivity contribution in [2.45, 2.75) is 51.5 Å². The van der Waals surface area contributed by atoms with Gasteiger partial charge in [0, 0.05) is 6.54 Å². The molecule has 0 aliphatic heterocycles. The summed E-state index contributed by atoms with van der Waals surface area (Å²) in [5.74, 6) is -0.988. The molecule has 0 radical (unpaired) electrons. The highest BCUT2D eigenvalue weighted by atomic mass is 16.4. The fraction of sp³-hybridized carbons (Fsp3) is 0.692. The number of carbonyl (C=O) groups excluding carboxylic acids is 1. The van der Waals surface area contributed by atoms with Crippen LogP contribution in [0, 0.1) is 0 Å². The summed E-state index contributed by atoms with van der Waals surface area (Å²) in [5.41, 5.74) is 0. The van der Waals surface area contributed by atoms with E-state index in [4.69, 9.17) is 5.11 Å². The first kappa shape index (κ1) is 16.5. The number of amides is 2. The van der Waals surface area contributed by atoms with Crippen molar-refractivity contribution in [1.29, 1.82) is 0 Å². The zero-order chi connectivity index (χ0) is 13.8. The summed E-state index contributed by atoms with van der Waals surface area (Å²) in [6.07, 6.45) is 7.03. The van der Waals surface area contributed by atoms with Gasteiger partial charge in [0.05, 0.1) is 0 Å². The predicted octanol–water partition coefficient (Wildman–Crippen LogP) is 2.29. The fourth-order valence-electron chi connectivity index (χ4n) is 1.55. The summed E-state index contributed by atoms with van der Waals surface area (Å²) in [6, 6.07) is -1.20. The van der Waals surface area contributed by atoms with Gasteiger partial charge in [0.2, 0.25) is 0 Å². The SMILES string of the molecule is C=CCCCCCNC(=O)NC(CCC)C(=O)O. The van der Waals surface area contributed by atoms with Crippen molar-refractivity contribution in [3.05, 3.63) is 12.7 Å². The first-order valence-electron chi connectivity index (χ1n) is 6.49. The zero-order valence-corrected chi connectivity index (χ0v) is 11.1. The van der Waals surface area contributed by atoms with Crippen molar-refractivity contribution in [2.75, 3.05) is 6.54 Å². The molecule has 104 valence electrons. The number of carboxylic acid groups (broad SMARTS) is 1. The molecular weight excluding hydrogens is 232 g/mol. The van der Waals surface area contributed by atoms with Gasteiger partial charge in [-0.15, -0.1) is 6.58 Å². The van der Waals surface area contributed by atoms with Crippen LogP contribution in [0.15, 0.2) is 12.7 Å². The number of hydrogen-bond acceptors (Lipinski definition) is 2. The molecule has 5 nitrogen and oxygen atoms in total. The third-order valence-corrected chi connectivity index (χ3v) is 2.55. The predicted molar refractivity (Wildman–Crippen MR) is 71.5 cm³/mol. The number of hydrogen-bond donors (Lipinski definition) is 3. The molecule has 3 N–H and O–H groups in total. The van der Waals surface area contributed by atoms with Crippen LogP contribution in [0.2, 0.25) is 0 Å². The number of allylic oxidation sites excluding steroid dienone is 1. The summed E-state index contributed by atoms with van der Waals surface area (Å²) in [7, 11) is 0. The molecule has 0 aromatic rings. The molecule has 1 unspecified atom stereocenters. The van der Waals surface area contributed by atoms with Gasteiger partial charge in [0.1, 0.15) is 6.04 Å². The number of carbonyl (C=O) groups is 2. The molecule has 5 heteroatoms. The first-order chi connectivity index (χ1) is 8.61. The number of carboxylic acids is 1. The second-order valence-electron chi connectivity index (χ2n) is 4.22. The Morgan fingerprint density at radius 1 is 1.33 bits per heavy atom. The van der Waals surface area contributed by atoms with Gasteiger partial charge >= 0.3 is 12.0 Å². The summed E-state index contributed by atoms with van der Waals surface area (Å²) >= 11 is 0. The standard InChI is InChI=1S/C13H24N2O3/c1-3-5-6-7-8-10-14-13(18)15-11(9-4-2)12(16)17/h3,11H,1,4-10H2,2H3,(H,16,17)(H2,14,15,18). The minimum Gasteiger partial charge on any atom is -0.480 e. The topological polar surface area (TPSA) is 78.4 Å². The van der Waals surface area contributed by atoms with E-state index in [1.54, 1.807) is 0 Å². The van der Waals surface area contributed by atoms with Crippen molar-refractivity contribution < 1.29 is 14.7 Å². The largest absolute Gasteiger partial charge is 0.480 e. The van der Waals surface area contributed by atoms with E-state index in [9.17, 15) is 9.59 Å². The summed E-state index contributed by atoms with van der Waals surface area (Å²) < 4.78 is 0. The van der Waals surface area contributed by atoms with Crippen LogP contribution < -0.4 is 10.6 Å². The van der Waals surface area contributed by atoms with Crippen LogP contribution >= 0.6 is 0 Å². The van der Waals surface area contributed by atoms with Gasteiger partial charge in [-0.2, -0.15) is 0 Å². The Balaban J connectivity index is 3.68. The molecule has 0 aliphatic rings. The quantitative estimate of drug-likeness (QED) is 0.414. The Hall–Kier alpha value is -1.52. The maximum absolute atomic E-state index is 11.4. The fourth-order valence-corrected chi connectivity index (χ4v) is 1.55. The lowest BCUT2D eigenvalue weighted by Crippen LogP contribution is -2.46. The highest BCUT2D eigenvalue weighted by Crippen LogP contribution is 1.99. The average Bonchev–Trinajstić information content (AvgIpc) is 2.33. The highest BCUT2D eigenvalue weighted by molar-refractivity contribution is 5.82. The maximum atomic E-state index is 11.4. The van der Waals surface area contributed by atoms with Crippen LogP contribution in [0.1, 0.15) is 45.4 Å². The minimum atomic E-state index is -0.988. The Kier molecular flexibility index (Phi) is 9.73. The van der Waals surface area contributed by atoms with E-state index < -0.39 is 18.0 Å². The van der Waals surface area contributed by atoms with E-state index >= 15 is 0 Å². The second-order valence-corrected chi connectivity index (χ2v) is 4.22. The first-order valence-corrected chi connectivity index (χ1v) is 6.49. The lowest BCUT2D eigenvalue weighted by Gasteiger charge is -2.14. The molecule has 0 bridgehead atoms. The third-order valence-electron chi connectivity index (χ3n) is 2.55. The van der Waals surface area contributed by atoms with Gasteiger partial charge in [0.15, 0.2) is 0 Å². The molecule has 0 aromatic heterocycles. The molecule has 18 heavy (non-hydrogen) atoms. The van der Waals surface area contributed by atoms with E-state index in [1.165, 1.54) is 0 Å². The van der Waals surface area contributed by atoms with Crippen molar-refractivity contribution >= 4 is 12.0 Å². The molecule has 0 heterocycles. The number of aliphatic carboxylic acids is 1. The van der Waals surface area contributed by atoms with Gasteiger partial charge < -0.3 is 15.7 Å². The molecule has 0 aromatic carbocycles. The van der Waals surface area contributed by atoms with E-state index in [2.05, 4.69) is 17.2 Å². The highest BCUT2D eigenvalue weighted by Gasteiger charge is 2.17. The van der Waals surface area contributed by atoms with E-state index in [-0.39, 0.29) is 0 Å². The molecule has 0 aliphatic carbocycles. The number of urea groups is 1. The van der Waals surface area contributed by atoms with E-state index in [0.29, 0.717) is 13.0 Å². The van der Waals surface area contributed by atoms with Gasteiger partial charge in [0.25, 0.3) is 0 Å². The zero-order valence-electron chi connectivity index (χ0n) is 11.1.